The third kappa shape index (κ3) is 1.08. The van der Waals surface area contributed by atoms with Crippen LogP contribution in [0.1, 0.15) is 0 Å². The summed E-state index contributed by atoms with van der Waals surface area (Å²) >= 11 is 0. The molecule has 1 aliphatic rings. The van der Waals surface area contributed by atoms with E-state index in [-0.39, 0.29) is 0 Å². The second-order valence-corrected chi connectivity index (χ2v) is 1.72. The average Bonchev–Trinajstić information content (AvgIpc) is 2.34. The predicted molar refractivity (Wildman–Crippen MR) is 34.0 cm³/mol. The highest BCUT2D eigenvalue weighted by atomic mass is 16.2. The van der Waals surface area contributed by atoms with Crippen molar-refractivity contribution < 1.29 is 9.90 Å². The summed E-state index contributed by atoms with van der Waals surface area (Å²) in [4.78, 5) is 10.0. The molecule has 46 valence electrons. The van der Waals surface area contributed by atoms with Crippen LogP contribution in [-0.2, 0) is 4.79 Å². The largest absolute Gasteiger partial charge is 0.515 e. The summed E-state index contributed by atoms with van der Waals surface area (Å²) in [6, 6.07) is 0. The molecule has 1 aliphatic carbocycles. The molecule has 2 heteroatoms. The monoisotopic (exact) mass is 122 g/mol. The fourth-order valence-electron chi connectivity index (χ4n) is 0.635. The van der Waals surface area contributed by atoms with Crippen molar-refractivity contribution in [2.75, 3.05) is 0 Å². The number of carbonyl (C=O) groups excluding carboxylic acids is 1. The van der Waals surface area contributed by atoms with Gasteiger partial charge in [-0.25, -0.2) is 0 Å². The van der Waals surface area contributed by atoms with Crippen molar-refractivity contribution >= 4 is 6.29 Å². The number of aliphatic hydroxyl groups is 1. The molecule has 0 saturated heterocycles. The van der Waals surface area contributed by atoms with Gasteiger partial charge in [-0.1, -0.05) is 12.2 Å². The summed E-state index contributed by atoms with van der Waals surface area (Å²) in [5.41, 5.74) is 1.26. The van der Waals surface area contributed by atoms with E-state index in [4.69, 9.17) is 5.11 Å². The smallest absolute Gasteiger partial charge is 0.150 e. The van der Waals surface area contributed by atoms with Crippen LogP contribution in [0, 0.1) is 0 Å². The van der Waals surface area contributed by atoms with Crippen LogP contribution >= 0.6 is 0 Å². The van der Waals surface area contributed by atoms with Gasteiger partial charge in [0.1, 0.15) is 6.29 Å². The van der Waals surface area contributed by atoms with Crippen molar-refractivity contribution in [3.05, 3.63) is 35.6 Å². The molecule has 0 aromatic heterocycles. The molecule has 0 aliphatic heterocycles. The molecular formula is C7H6O2. The van der Waals surface area contributed by atoms with E-state index in [0.717, 1.165) is 12.5 Å². The summed E-state index contributed by atoms with van der Waals surface area (Å²) in [6.45, 7) is 0. The van der Waals surface area contributed by atoms with Crippen molar-refractivity contribution in [3.63, 3.8) is 0 Å². The summed E-state index contributed by atoms with van der Waals surface area (Å²) in [5, 5.41) is 8.41. The number of rotatable bonds is 1. The zero-order valence-corrected chi connectivity index (χ0v) is 4.74. The average molecular weight is 122 g/mol. The molecule has 0 aromatic carbocycles. The van der Waals surface area contributed by atoms with E-state index in [1.165, 1.54) is 0 Å². The lowest BCUT2D eigenvalue weighted by molar-refractivity contribution is -0.104. The quantitative estimate of drug-likeness (QED) is 0.418. The molecule has 0 radical (unpaired) electrons. The molecule has 0 bridgehead atoms. The molecule has 0 fully saturated rings. The Bertz CT molecular complexity index is 209. The van der Waals surface area contributed by atoms with Gasteiger partial charge in [0, 0.05) is 11.1 Å². The van der Waals surface area contributed by atoms with Gasteiger partial charge in [0.15, 0.2) is 0 Å². The third-order valence-electron chi connectivity index (χ3n) is 1.09. The molecule has 0 unspecified atom stereocenters. The summed E-state index contributed by atoms with van der Waals surface area (Å²) < 4.78 is 0. The van der Waals surface area contributed by atoms with E-state index in [0.29, 0.717) is 11.1 Å². The number of aldehydes is 1. The van der Waals surface area contributed by atoms with Crippen molar-refractivity contribution in [1.82, 2.24) is 0 Å². The first kappa shape index (κ1) is 5.82. The van der Waals surface area contributed by atoms with Gasteiger partial charge in [-0.2, -0.15) is 0 Å². The van der Waals surface area contributed by atoms with Crippen LogP contribution in [-0.4, -0.2) is 11.4 Å². The molecule has 0 aromatic rings. The highest BCUT2D eigenvalue weighted by Gasteiger charge is 1.98. The van der Waals surface area contributed by atoms with Gasteiger partial charge in [0.2, 0.25) is 0 Å². The maximum absolute atomic E-state index is 10.0. The summed E-state index contributed by atoms with van der Waals surface area (Å²) in [6.07, 6.45) is 6.63. The highest BCUT2D eigenvalue weighted by molar-refractivity contribution is 5.81. The van der Waals surface area contributed by atoms with Gasteiger partial charge >= 0.3 is 0 Å². The molecular weight excluding hydrogens is 116 g/mol. The summed E-state index contributed by atoms with van der Waals surface area (Å²) in [5.74, 6) is 0. The Morgan fingerprint density at radius 3 is 2.56 bits per heavy atom. The third-order valence-corrected chi connectivity index (χ3v) is 1.09. The van der Waals surface area contributed by atoms with E-state index >= 15 is 0 Å². The zero-order chi connectivity index (χ0) is 6.69. The predicted octanol–water partition coefficient (Wildman–Crippen LogP) is 1.12. The Kier molecular flexibility index (Phi) is 1.49. The van der Waals surface area contributed by atoms with Gasteiger partial charge in [-0.3, -0.25) is 4.79 Å². The van der Waals surface area contributed by atoms with E-state index in [1.807, 2.05) is 0 Å². The minimum absolute atomic E-state index is 0.593. The molecule has 1 rings (SSSR count). The number of allylic oxidation sites excluding steroid dienone is 5. The molecule has 0 saturated carbocycles. The summed E-state index contributed by atoms with van der Waals surface area (Å²) in [7, 11) is 0. The topological polar surface area (TPSA) is 37.3 Å². The second-order valence-electron chi connectivity index (χ2n) is 1.72. The molecule has 0 atom stereocenters. The van der Waals surface area contributed by atoms with Crippen LogP contribution < -0.4 is 0 Å². The number of carbonyl (C=O) groups is 1. The highest BCUT2D eigenvalue weighted by Crippen LogP contribution is 2.11. The Balaban J connectivity index is 2.86. The van der Waals surface area contributed by atoms with Crippen molar-refractivity contribution in [2.24, 2.45) is 0 Å². The first-order valence-electron chi connectivity index (χ1n) is 2.56. The van der Waals surface area contributed by atoms with Crippen LogP contribution in [0.3, 0.4) is 0 Å². The standard InChI is InChI=1S/C7H6O2/c8-4-6-1-2-7(3-6)5-9/h1-5,8H. The maximum atomic E-state index is 10.0. The first-order chi connectivity index (χ1) is 4.36. The zero-order valence-electron chi connectivity index (χ0n) is 4.74. The molecule has 2 nitrogen and oxygen atoms in total. The van der Waals surface area contributed by atoms with Crippen LogP contribution in [0.25, 0.3) is 0 Å². The number of hydrogen-bond acceptors (Lipinski definition) is 2. The Morgan fingerprint density at radius 2 is 2.22 bits per heavy atom. The molecule has 0 heterocycles. The fourth-order valence-corrected chi connectivity index (χ4v) is 0.635. The second kappa shape index (κ2) is 2.31. The van der Waals surface area contributed by atoms with E-state index in [2.05, 4.69) is 0 Å². The normalized spacial score (nSPS) is 20.4. The van der Waals surface area contributed by atoms with Gasteiger partial charge in [-0.15, -0.1) is 0 Å². The van der Waals surface area contributed by atoms with Crippen LogP contribution in [0.5, 0.6) is 0 Å². The molecule has 0 amide bonds. The lowest BCUT2D eigenvalue weighted by atomic mass is 10.3. The minimum Gasteiger partial charge on any atom is -0.515 e. The molecule has 1 N–H and O–H groups in total. The number of aliphatic hydroxyl groups excluding tert-OH is 1. The van der Waals surface area contributed by atoms with Gasteiger partial charge in [-0.05, 0) is 6.08 Å². The SMILES string of the molecule is O=CC1=CC(=CO)C=C1. The van der Waals surface area contributed by atoms with Gasteiger partial charge in [0.05, 0.1) is 6.26 Å². The van der Waals surface area contributed by atoms with Gasteiger partial charge < -0.3 is 5.11 Å². The fraction of sp³-hybridized carbons (Fsp3) is 0. The molecule has 9 heavy (non-hydrogen) atoms. The lowest BCUT2D eigenvalue weighted by Gasteiger charge is -1.79. The van der Waals surface area contributed by atoms with Crippen LogP contribution in [0.4, 0.5) is 0 Å². The van der Waals surface area contributed by atoms with E-state index < -0.39 is 0 Å². The number of hydrogen-bond donors (Lipinski definition) is 1. The van der Waals surface area contributed by atoms with E-state index in [9.17, 15) is 4.79 Å². The van der Waals surface area contributed by atoms with Crippen LogP contribution in [0.15, 0.2) is 35.6 Å². The maximum Gasteiger partial charge on any atom is 0.150 e. The molecule has 0 spiro atoms. The first-order valence-corrected chi connectivity index (χ1v) is 2.56. The van der Waals surface area contributed by atoms with Crippen molar-refractivity contribution in [3.8, 4) is 0 Å². The lowest BCUT2D eigenvalue weighted by Crippen LogP contribution is -1.71. The Morgan fingerprint density at radius 1 is 1.44 bits per heavy atom. The Hall–Kier alpha value is -1.31. The minimum atomic E-state index is 0.593. The van der Waals surface area contributed by atoms with Crippen molar-refractivity contribution in [1.29, 1.82) is 0 Å². The van der Waals surface area contributed by atoms with E-state index in [1.54, 1.807) is 18.2 Å². The van der Waals surface area contributed by atoms with Crippen LogP contribution in [0.2, 0.25) is 0 Å². The van der Waals surface area contributed by atoms with Gasteiger partial charge in [0.25, 0.3) is 0 Å². The Labute approximate surface area is 52.8 Å². The van der Waals surface area contributed by atoms with Crippen molar-refractivity contribution in [2.45, 2.75) is 0 Å².